The summed E-state index contributed by atoms with van der Waals surface area (Å²) in [4.78, 5) is 6.59. The molecule has 40 heavy (non-hydrogen) atoms. The molecule has 0 spiro atoms. The second kappa shape index (κ2) is 13.1. The molecule has 1 aliphatic rings. The van der Waals surface area contributed by atoms with E-state index in [0.717, 1.165) is 48.5 Å². The number of aryl methyl sites for hydroxylation is 3. The Morgan fingerprint density at radius 1 is 0.975 bits per heavy atom. The highest BCUT2D eigenvalue weighted by Gasteiger charge is 2.22. The fourth-order valence-electron chi connectivity index (χ4n) is 4.48. The monoisotopic (exact) mass is 561 g/mol. The van der Waals surface area contributed by atoms with Crippen molar-refractivity contribution in [2.75, 3.05) is 24.6 Å². The molecule has 5 rings (SSSR count). The van der Waals surface area contributed by atoms with Crippen LogP contribution in [0.15, 0.2) is 65.4 Å². The van der Waals surface area contributed by atoms with Gasteiger partial charge in [-0.3, -0.25) is 9.58 Å². The Labute approximate surface area is 235 Å². The zero-order valence-corrected chi connectivity index (χ0v) is 23.6. The normalized spacial score (nSPS) is 15.5. The molecule has 0 saturated carbocycles. The minimum Gasteiger partial charge on any atom is -0.487 e. The Hall–Kier alpha value is -3.76. The number of oxazole rings is 1. The van der Waals surface area contributed by atoms with Crippen molar-refractivity contribution in [3.8, 4) is 5.75 Å². The Morgan fingerprint density at radius 2 is 1.75 bits per heavy atom. The predicted molar refractivity (Wildman–Crippen MR) is 154 cm³/mol. The van der Waals surface area contributed by atoms with Gasteiger partial charge in [-0.2, -0.15) is 0 Å². The molecule has 2 aromatic carbocycles. The summed E-state index contributed by atoms with van der Waals surface area (Å²) in [5.74, 6) is 1.80. The number of nitrogens with zero attached hydrogens (tertiary/aromatic N) is 5. The lowest BCUT2D eigenvalue weighted by Gasteiger charge is -2.25. The maximum Gasteiger partial charge on any atom is 0.218 e. The van der Waals surface area contributed by atoms with Gasteiger partial charge in [-0.1, -0.05) is 47.2 Å². The Morgan fingerprint density at radius 3 is 2.52 bits per heavy atom. The first kappa shape index (κ1) is 27.8. The van der Waals surface area contributed by atoms with Crippen molar-refractivity contribution < 1.29 is 17.6 Å². The van der Waals surface area contributed by atoms with Crippen LogP contribution in [0.25, 0.3) is 12.2 Å². The van der Waals surface area contributed by atoms with E-state index in [9.17, 15) is 8.42 Å². The van der Waals surface area contributed by atoms with E-state index < -0.39 is 9.84 Å². The minimum absolute atomic E-state index is 0.226. The van der Waals surface area contributed by atoms with Crippen LogP contribution < -0.4 is 4.74 Å². The van der Waals surface area contributed by atoms with Crippen LogP contribution in [0.4, 0.5) is 0 Å². The summed E-state index contributed by atoms with van der Waals surface area (Å²) in [5, 5.41) is 8.48. The van der Waals surface area contributed by atoms with Gasteiger partial charge in [0.05, 0.1) is 17.2 Å². The summed E-state index contributed by atoms with van der Waals surface area (Å²) in [6.07, 6.45) is 10.4. The molecular formula is C30H35N5O4S. The lowest BCUT2D eigenvalue weighted by atomic mass is 10.1. The molecule has 0 radical (unpaired) electrons. The number of rotatable bonds is 12. The fourth-order valence-corrected chi connectivity index (χ4v) is 5.76. The number of hydrogen-bond acceptors (Lipinski definition) is 8. The number of sulfone groups is 1. The molecule has 3 heterocycles. The van der Waals surface area contributed by atoms with Gasteiger partial charge in [-0.05, 0) is 55.5 Å². The third kappa shape index (κ3) is 8.37. The Kier molecular flexibility index (Phi) is 9.08. The SMILES string of the molecule is Cc1ccc(/C=C/c2nc(COc3ccc(CCCCn4cc(CN5CCS(=O)(=O)CC5)nn4)cc3)co2)cc1. The molecule has 0 aliphatic carbocycles. The van der Waals surface area contributed by atoms with E-state index in [0.29, 0.717) is 32.1 Å². The zero-order chi connectivity index (χ0) is 27.8. The molecule has 10 heteroatoms. The van der Waals surface area contributed by atoms with Gasteiger partial charge in [0.15, 0.2) is 9.84 Å². The predicted octanol–water partition coefficient (Wildman–Crippen LogP) is 4.58. The van der Waals surface area contributed by atoms with Gasteiger partial charge in [0.1, 0.15) is 24.3 Å². The van der Waals surface area contributed by atoms with Crippen molar-refractivity contribution >= 4 is 22.0 Å². The van der Waals surface area contributed by atoms with E-state index in [1.54, 1.807) is 6.26 Å². The van der Waals surface area contributed by atoms with Crippen molar-refractivity contribution in [3.05, 3.63) is 95.0 Å². The Bertz CT molecular complexity index is 1490. The van der Waals surface area contributed by atoms with Crippen LogP contribution in [0.2, 0.25) is 0 Å². The topological polar surface area (TPSA) is 103 Å². The lowest BCUT2D eigenvalue weighted by Crippen LogP contribution is -2.39. The first-order valence-corrected chi connectivity index (χ1v) is 15.5. The summed E-state index contributed by atoms with van der Waals surface area (Å²) >= 11 is 0. The molecule has 0 amide bonds. The number of aromatic nitrogens is 4. The van der Waals surface area contributed by atoms with E-state index >= 15 is 0 Å². The van der Waals surface area contributed by atoms with E-state index in [1.165, 1.54) is 11.1 Å². The molecule has 9 nitrogen and oxygen atoms in total. The smallest absolute Gasteiger partial charge is 0.218 e. The molecule has 1 fully saturated rings. The van der Waals surface area contributed by atoms with Crippen molar-refractivity contribution in [1.82, 2.24) is 24.9 Å². The molecule has 1 saturated heterocycles. The van der Waals surface area contributed by atoms with Gasteiger partial charge in [0, 0.05) is 38.5 Å². The minimum atomic E-state index is -2.87. The van der Waals surface area contributed by atoms with Crippen LogP contribution >= 0.6 is 0 Å². The van der Waals surface area contributed by atoms with Crippen LogP contribution in [0, 0.1) is 6.92 Å². The number of ether oxygens (including phenoxy) is 1. The second-order valence-electron chi connectivity index (χ2n) is 10.2. The number of hydrogen-bond donors (Lipinski definition) is 0. The average molecular weight is 562 g/mol. The van der Waals surface area contributed by atoms with Gasteiger partial charge < -0.3 is 9.15 Å². The van der Waals surface area contributed by atoms with Crippen LogP contribution in [-0.2, 0) is 36.0 Å². The van der Waals surface area contributed by atoms with Gasteiger partial charge in [0.25, 0.3) is 0 Å². The zero-order valence-electron chi connectivity index (χ0n) is 22.8. The van der Waals surface area contributed by atoms with Gasteiger partial charge in [0.2, 0.25) is 5.89 Å². The van der Waals surface area contributed by atoms with Crippen LogP contribution in [-0.4, -0.2) is 57.9 Å². The number of unbranched alkanes of at least 4 members (excludes halogenated alkanes) is 1. The summed E-state index contributed by atoms with van der Waals surface area (Å²) in [7, 11) is -2.87. The van der Waals surface area contributed by atoms with E-state index in [4.69, 9.17) is 9.15 Å². The highest BCUT2D eigenvalue weighted by molar-refractivity contribution is 7.91. The van der Waals surface area contributed by atoms with Crippen molar-refractivity contribution in [1.29, 1.82) is 0 Å². The van der Waals surface area contributed by atoms with Crippen molar-refractivity contribution in [3.63, 3.8) is 0 Å². The molecule has 2 aromatic heterocycles. The van der Waals surface area contributed by atoms with E-state index in [1.807, 2.05) is 35.2 Å². The maximum absolute atomic E-state index is 11.6. The molecule has 0 bridgehead atoms. The number of benzene rings is 2. The van der Waals surface area contributed by atoms with Gasteiger partial charge in [-0.15, -0.1) is 5.10 Å². The maximum atomic E-state index is 11.6. The summed E-state index contributed by atoms with van der Waals surface area (Å²) in [6, 6.07) is 16.4. The molecule has 210 valence electrons. The fraction of sp³-hybridized carbons (Fsp3) is 0.367. The van der Waals surface area contributed by atoms with Gasteiger partial charge >= 0.3 is 0 Å². The van der Waals surface area contributed by atoms with Crippen molar-refractivity contribution in [2.45, 2.75) is 45.9 Å². The molecule has 4 aromatic rings. The van der Waals surface area contributed by atoms with Gasteiger partial charge in [-0.25, -0.2) is 13.4 Å². The largest absolute Gasteiger partial charge is 0.487 e. The Balaban J connectivity index is 0.993. The first-order chi connectivity index (χ1) is 19.4. The average Bonchev–Trinajstić information content (AvgIpc) is 3.61. The summed E-state index contributed by atoms with van der Waals surface area (Å²) in [5.41, 5.74) is 5.21. The summed E-state index contributed by atoms with van der Waals surface area (Å²) in [6.45, 7) is 4.99. The molecule has 0 atom stereocenters. The first-order valence-electron chi connectivity index (χ1n) is 13.6. The highest BCUT2D eigenvalue weighted by Crippen LogP contribution is 2.17. The molecule has 0 unspecified atom stereocenters. The van der Waals surface area contributed by atoms with Crippen LogP contribution in [0.5, 0.6) is 5.75 Å². The highest BCUT2D eigenvalue weighted by atomic mass is 32.2. The third-order valence-electron chi connectivity index (χ3n) is 6.89. The van der Waals surface area contributed by atoms with E-state index in [-0.39, 0.29) is 11.5 Å². The summed E-state index contributed by atoms with van der Waals surface area (Å²) < 4.78 is 36.5. The molecular weight excluding hydrogens is 526 g/mol. The lowest BCUT2D eigenvalue weighted by molar-refractivity contribution is 0.284. The standard InChI is InChI=1S/C30H35N5O4S/c1-24-5-7-26(8-6-24)11-14-30-31-28(23-39-30)22-38-29-12-9-25(10-13-29)4-2-3-15-35-21-27(32-33-35)20-34-16-18-40(36,37)19-17-34/h5-14,21,23H,2-4,15-20,22H2,1H3/b14-11+. The second-order valence-corrected chi connectivity index (χ2v) is 12.5. The molecule has 0 N–H and O–H groups in total. The molecule has 1 aliphatic heterocycles. The van der Waals surface area contributed by atoms with E-state index in [2.05, 4.69) is 63.5 Å². The third-order valence-corrected chi connectivity index (χ3v) is 8.50. The van der Waals surface area contributed by atoms with Crippen LogP contribution in [0.3, 0.4) is 0 Å². The quantitative estimate of drug-likeness (QED) is 0.232. The van der Waals surface area contributed by atoms with Crippen molar-refractivity contribution in [2.24, 2.45) is 0 Å². The van der Waals surface area contributed by atoms with Crippen LogP contribution in [0.1, 0.15) is 46.8 Å².